The van der Waals surface area contributed by atoms with Gasteiger partial charge in [0.2, 0.25) is 5.91 Å². The fourth-order valence-corrected chi connectivity index (χ4v) is 5.64. The van der Waals surface area contributed by atoms with Gasteiger partial charge in [-0.2, -0.15) is 0 Å². The summed E-state index contributed by atoms with van der Waals surface area (Å²) in [6.45, 7) is 8.38. The van der Waals surface area contributed by atoms with Gasteiger partial charge >= 0.3 is 0 Å². The molecule has 2 aliphatic heterocycles. The molecule has 0 bridgehead atoms. The average molecular weight is 385 g/mol. The minimum absolute atomic E-state index is 0.0682. The van der Waals surface area contributed by atoms with E-state index in [1.165, 1.54) is 0 Å². The molecular formula is C21H24N2O3S. The van der Waals surface area contributed by atoms with Crippen molar-refractivity contribution >= 4 is 27.3 Å². The van der Waals surface area contributed by atoms with Crippen molar-refractivity contribution in [2.45, 2.75) is 51.3 Å². The van der Waals surface area contributed by atoms with Crippen molar-refractivity contribution in [1.82, 2.24) is 0 Å². The van der Waals surface area contributed by atoms with Crippen LogP contribution in [0.25, 0.3) is 0 Å². The van der Waals surface area contributed by atoms with Gasteiger partial charge in [0, 0.05) is 6.54 Å². The van der Waals surface area contributed by atoms with E-state index in [0.29, 0.717) is 5.69 Å². The van der Waals surface area contributed by atoms with Crippen LogP contribution in [-0.4, -0.2) is 20.9 Å². The van der Waals surface area contributed by atoms with Crippen LogP contribution in [0.4, 0.5) is 11.4 Å². The Morgan fingerprint density at radius 2 is 1.74 bits per heavy atom. The van der Waals surface area contributed by atoms with Crippen LogP contribution in [-0.2, 0) is 21.2 Å². The first-order valence-corrected chi connectivity index (χ1v) is 10.8. The Morgan fingerprint density at radius 1 is 1.07 bits per heavy atom. The molecule has 0 spiro atoms. The van der Waals surface area contributed by atoms with Crippen LogP contribution < -0.4 is 9.62 Å². The van der Waals surface area contributed by atoms with Crippen molar-refractivity contribution in [2.75, 3.05) is 16.2 Å². The Morgan fingerprint density at radius 3 is 2.41 bits per heavy atom. The maximum absolute atomic E-state index is 13.1. The third-order valence-electron chi connectivity index (χ3n) is 5.62. The van der Waals surface area contributed by atoms with Crippen LogP contribution in [0.2, 0.25) is 0 Å². The summed E-state index contributed by atoms with van der Waals surface area (Å²) >= 11 is 0. The quantitative estimate of drug-likeness (QED) is 0.875. The number of benzene rings is 2. The Labute approximate surface area is 160 Å². The predicted octanol–water partition coefficient (Wildman–Crippen LogP) is 3.81. The fraction of sp³-hybridized carbons (Fsp3) is 0.381. The van der Waals surface area contributed by atoms with Crippen molar-refractivity contribution in [3.8, 4) is 0 Å². The van der Waals surface area contributed by atoms with Crippen molar-refractivity contribution in [3.63, 3.8) is 0 Å². The minimum atomic E-state index is -3.74. The maximum Gasteiger partial charge on any atom is 0.261 e. The molecule has 2 aliphatic rings. The number of anilines is 2. The highest BCUT2D eigenvalue weighted by molar-refractivity contribution is 7.92. The van der Waals surface area contributed by atoms with Gasteiger partial charge in [0.25, 0.3) is 10.0 Å². The second-order valence-corrected chi connectivity index (χ2v) is 9.40. The van der Waals surface area contributed by atoms with Crippen LogP contribution in [0, 0.1) is 20.8 Å². The molecule has 2 heterocycles. The molecule has 0 radical (unpaired) electrons. The number of rotatable bonds is 3. The van der Waals surface area contributed by atoms with Gasteiger partial charge in [-0.25, -0.2) is 8.42 Å². The number of sulfonamides is 1. The van der Waals surface area contributed by atoms with Gasteiger partial charge in [-0.05, 0) is 74.9 Å². The van der Waals surface area contributed by atoms with Crippen molar-refractivity contribution in [3.05, 3.63) is 52.1 Å². The van der Waals surface area contributed by atoms with Crippen LogP contribution in [0.5, 0.6) is 0 Å². The molecule has 142 valence electrons. The number of nitrogens with zero attached hydrogens (tertiary/aromatic N) is 1. The van der Waals surface area contributed by atoms with Crippen LogP contribution >= 0.6 is 0 Å². The Balaban J connectivity index is 1.80. The zero-order valence-corrected chi connectivity index (χ0v) is 16.9. The maximum atomic E-state index is 13.1. The zero-order chi connectivity index (χ0) is 19.5. The van der Waals surface area contributed by atoms with Gasteiger partial charge < -0.3 is 4.90 Å². The molecule has 2 aromatic carbocycles. The van der Waals surface area contributed by atoms with E-state index in [9.17, 15) is 13.2 Å². The normalized spacial score (nSPS) is 18.6. The van der Waals surface area contributed by atoms with Crippen LogP contribution in [0.15, 0.2) is 29.2 Å². The highest BCUT2D eigenvalue weighted by atomic mass is 32.2. The summed E-state index contributed by atoms with van der Waals surface area (Å²) < 4.78 is 29.0. The molecule has 0 fully saturated rings. The third kappa shape index (κ3) is 2.83. The van der Waals surface area contributed by atoms with Crippen LogP contribution in [0.1, 0.15) is 47.1 Å². The first kappa shape index (κ1) is 18.0. The molecule has 1 atom stereocenters. The summed E-state index contributed by atoms with van der Waals surface area (Å²) in [5.41, 5.74) is 6.23. The first-order chi connectivity index (χ1) is 12.7. The predicted molar refractivity (Wildman–Crippen MR) is 107 cm³/mol. The van der Waals surface area contributed by atoms with E-state index in [4.69, 9.17) is 0 Å². The van der Waals surface area contributed by atoms with E-state index in [0.717, 1.165) is 52.9 Å². The van der Waals surface area contributed by atoms with Gasteiger partial charge in [-0.15, -0.1) is 0 Å². The van der Waals surface area contributed by atoms with E-state index in [1.807, 2.05) is 44.7 Å². The van der Waals surface area contributed by atoms with E-state index in [2.05, 4.69) is 4.72 Å². The second kappa shape index (κ2) is 6.09. The zero-order valence-electron chi connectivity index (χ0n) is 16.1. The van der Waals surface area contributed by atoms with Gasteiger partial charge in [0.05, 0.1) is 22.2 Å². The minimum Gasteiger partial charge on any atom is -0.311 e. The second-order valence-electron chi connectivity index (χ2n) is 7.71. The van der Waals surface area contributed by atoms with E-state index in [1.54, 1.807) is 12.1 Å². The van der Waals surface area contributed by atoms with Gasteiger partial charge in [-0.1, -0.05) is 17.7 Å². The number of aryl methyl sites for hydroxylation is 4. The highest BCUT2D eigenvalue weighted by Crippen LogP contribution is 2.44. The first-order valence-electron chi connectivity index (χ1n) is 9.28. The summed E-state index contributed by atoms with van der Waals surface area (Å²) in [6, 6.07) is 7.34. The fourth-order valence-electron chi connectivity index (χ4n) is 4.35. The lowest BCUT2D eigenvalue weighted by molar-refractivity contribution is -0.119. The number of carbonyl (C=O) groups is 1. The molecule has 0 aliphatic carbocycles. The Hall–Kier alpha value is -2.34. The highest BCUT2D eigenvalue weighted by Gasteiger charge is 2.38. The number of hydrogen-bond acceptors (Lipinski definition) is 3. The van der Waals surface area contributed by atoms with Gasteiger partial charge in [-0.3, -0.25) is 9.52 Å². The lowest BCUT2D eigenvalue weighted by atomic mass is 9.97. The molecule has 0 aromatic heterocycles. The molecule has 0 saturated heterocycles. The topological polar surface area (TPSA) is 66.5 Å². The molecule has 5 nitrogen and oxygen atoms in total. The number of hydrogen-bond donors (Lipinski definition) is 1. The molecule has 1 N–H and O–H groups in total. The molecule has 0 saturated carbocycles. The standard InChI is InChI=1S/C21H24N2O3S/c1-12-8-13(2)19(14(3)9-12)22-27(25,26)17-10-16-6-5-7-23-20(16)18(11-17)15(4)21(23)24/h8-11,15,22H,5-7H2,1-4H3/t15-/m1/s1. The average Bonchev–Trinajstić information content (AvgIpc) is 2.85. The molecule has 0 unspecified atom stereocenters. The summed E-state index contributed by atoms with van der Waals surface area (Å²) in [7, 11) is -3.74. The van der Waals surface area contributed by atoms with Crippen LogP contribution in [0.3, 0.4) is 0 Å². The molecule has 4 rings (SSSR count). The number of carbonyl (C=O) groups excluding carboxylic acids is 1. The van der Waals surface area contributed by atoms with Gasteiger partial charge in [0.1, 0.15) is 0 Å². The molecule has 1 amide bonds. The summed E-state index contributed by atoms with van der Waals surface area (Å²) in [4.78, 5) is 14.6. The van der Waals surface area contributed by atoms with Crippen molar-refractivity contribution < 1.29 is 13.2 Å². The Kier molecular flexibility index (Phi) is 4.07. The van der Waals surface area contributed by atoms with E-state index >= 15 is 0 Å². The Bertz CT molecular complexity index is 1050. The van der Waals surface area contributed by atoms with E-state index < -0.39 is 10.0 Å². The smallest absolute Gasteiger partial charge is 0.261 e. The van der Waals surface area contributed by atoms with Gasteiger partial charge in [0.15, 0.2) is 0 Å². The number of nitrogens with one attached hydrogen (secondary N) is 1. The lowest BCUT2D eigenvalue weighted by Gasteiger charge is -2.26. The van der Waals surface area contributed by atoms with E-state index in [-0.39, 0.29) is 16.7 Å². The summed E-state index contributed by atoms with van der Waals surface area (Å²) in [6.07, 6.45) is 1.66. The molecule has 2 aromatic rings. The largest absolute Gasteiger partial charge is 0.311 e. The van der Waals surface area contributed by atoms with Crippen molar-refractivity contribution in [2.24, 2.45) is 0 Å². The summed E-state index contributed by atoms with van der Waals surface area (Å²) in [5, 5.41) is 0. The lowest BCUT2D eigenvalue weighted by Crippen LogP contribution is -2.32. The number of amides is 1. The molecule has 6 heteroatoms. The third-order valence-corrected chi connectivity index (χ3v) is 6.95. The monoisotopic (exact) mass is 384 g/mol. The molecular weight excluding hydrogens is 360 g/mol. The van der Waals surface area contributed by atoms with Crippen molar-refractivity contribution in [1.29, 1.82) is 0 Å². The molecule has 27 heavy (non-hydrogen) atoms. The summed E-state index contributed by atoms with van der Waals surface area (Å²) in [5.74, 6) is -0.228. The SMILES string of the molecule is Cc1cc(C)c(NS(=O)(=O)c2cc3c4c(c2)[C@@H](C)C(=O)N4CCC3)c(C)c1.